The maximum Gasteiger partial charge on any atom is 0.215 e. The molecule has 0 aliphatic carbocycles. The fourth-order valence-corrected chi connectivity index (χ4v) is 4.24. The van der Waals surface area contributed by atoms with E-state index in [1.54, 1.807) is 0 Å². The summed E-state index contributed by atoms with van der Waals surface area (Å²) in [5, 5.41) is 7.70. The van der Waals surface area contributed by atoms with Crippen LogP contribution in [0.2, 0.25) is 5.02 Å². The van der Waals surface area contributed by atoms with Crippen LogP contribution < -0.4 is 9.47 Å². The third-order valence-electron chi connectivity index (χ3n) is 5.35. The van der Waals surface area contributed by atoms with Gasteiger partial charge < -0.3 is 9.47 Å². The minimum absolute atomic E-state index is 0.0654. The summed E-state index contributed by atoms with van der Waals surface area (Å²) in [4.78, 5) is 0. The van der Waals surface area contributed by atoms with Crippen molar-refractivity contribution in [2.24, 2.45) is 5.10 Å². The van der Waals surface area contributed by atoms with Gasteiger partial charge in [-0.1, -0.05) is 60.1 Å². The number of halogens is 1. The van der Waals surface area contributed by atoms with Crippen LogP contribution in [0.25, 0.3) is 0 Å². The van der Waals surface area contributed by atoms with Crippen LogP contribution in [0.5, 0.6) is 11.5 Å². The highest BCUT2D eigenvalue weighted by Crippen LogP contribution is 2.49. The minimum atomic E-state index is -0.375. The van der Waals surface area contributed by atoms with E-state index in [2.05, 4.69) is 18.2 Å². The summed E-state index contributed by atoms with van der Waals surface area (Å²) >= 11 is 6.52. The summed E-state index contributed by atoms with van der Waals surface area (Å²) in [6, 6.07) is 24.2. The van der Waals surface area contributed by atoms with Gasteiger partial charge in [-0.05, 0) is 36.8 Å². The summed E-state index contributed by atoms with van der Waals surface area (Å²) in [5.74, 6) is 1.70. The van der Waals surface area contributed by atoms with E-state index >= 15 is 0 Å². The van der Waals surface area contributed by atoms with E-state index in [0.29, 0.717) is 11.6 Å². The van der Waals surface area contributed by atoms with Gasteiger partial charge in [-0.25, -0.2) is 5.01 Å². The van der Waals surface area contributed by atoms with Crippen LogP contribution in [0.15, 0.2) is 77.9 Å². The van der Waals surface area contributed by atoms with Gasteiger partial charge in [0.25, 0.3) is 0 Å². The lowest BCUT2D eigenvalue weighted by Gasteiger charge is -2.38. The number of hydrazone groups is 1. The molecule has 0 fully saturated rings. The first-order chi connectivity index (χ1) is 14.2. The molecule has 2 aliphatic heterocycles. The number of nitrogens with zero attached hydrogens (tertiary/aromatic N) is 2. The molecule has 146 valence electrons. The Morgan fingerprint density at radius 2 is 1.83 bits per heavy atom. The quantitative estimate of drug-likeness (QED) is 0.536. The molecule has 0 radical (unpaired) electrons. The second-order valence-electron chi connectivity index (χ2n) is 7.14. The molecule has 0 bridgehead atoms. The molecule has 0 N–H and O–H groups in total. The van der Waals surface area contributed by atoms with Crippen LogP contribution >= 0.6 is 11.6 Å². The molecule has 0 spiro atoms. The van der Waals surface area contributed by atoms with Gasteiger partial charge in [0.2, 0.25) is 6.23 Å². The minimum Gasteiger partial charge on any atom is -0.494 e. The van der Waals surface area contributed by atoms with Crippen molar-refractivity contribution in [3.05, 3.63) is 94.5 Å². The number of hydrogen-bond donors (Lipinski definition) is 0. The summed E-state index contributed by atoms with van der Waals surface area (Å²) in [6.07, 6.45) is 0.428. The molecule has 5 heteroatoms. The number of ether oxygens (including phenoxy) is 2. The second kappa shape index (κ2) is 7.45. The molecule has 0 saturated heterocycles. The topological polar surface area (TPSA) is 34.1 Å². The summed E-state index contributed by atoms with van der Waals surface area (Å²) < 4.78 is 12.1. The highest BCUT2D eigenvalue weighted by atomic mass is 35.5. The molecule has 0 amide bonds. The van der Waals surface area contributed by atoms with E-state index in [-0.39, 0.29) is 12.3 Å². The molecule has 2 atom stereocenters. The Balaban J connectivity index is 1.61. The zero-order valence-electron chi connectivity index (χ0n) is 16.1. The van der Waals surface area contributed by atoms with Gasteiger partial charge in [-0.2, -0.15) is 5.10 Å². The van der Waals surface area contributed by atoms with Gasteiger partial charge in [0.05, 0.1) is 18.4 Å². The van der Waals surface area contributed by atoms with Gasteiger partial charge in [0, 0.05) is 22.6 Å². The van der Waals surface area contributed by atoms with Crippen molar-refractivity contribution in [1.82, 2.24) is 5.01 Å². The van der Waals surface area contributed by atoms with Gasteiger partial charge in [0.15, 0.2) is 0 Å². The molecular weight excluding hydrogens is 384 g/mol. The Morgan fingerprint density at radius 3 is 2.62 bits per heavy atom. The maximum absolute atomic E-state index is 6.52. The highest BCUT2D eigenvalue weighted by molar-refractivity contribution is 6.31. The van der Waals surface area contributed by atoms with E-state index in [1.807, 2.05) is 66.5 Å². The molecule has 3 aromatic carbocycles. The Labute approximate surface area is 175 Å². The zero-order valence-corrected chi connectivity index (χ0v) is 16.8. The number of benzene rings is 3. The SMILES string of the molecule is CCOc1ccc2c(c1)[C@H]1CC(c3ccccc3)=NN1[C@@H](c1ccccc1Cl)O2. The third-order valence-corrected chi connectivity index (χ3v) is 5.69. The van der Waals surface area contributed by atoms with Crippen molar-refractivity contribution >= 4 is 17.3 Å². The van der Waals surface area contributed by atoms with Crippen LogP contribution in [0.3, 0.4) is 0 Å². The first-order valence-corrected chi connectivity index (χ1v) is 10.2. The lowest BCUT2D eigenvalue weighted by Crippen LogP contribution is -2.33. The summed E-state index contributed by atoms with van der Waals surface area (Å²) in [5.41, 5.74) is 4.18. The van der Waals surface area contributed by atoms with Crippen LogP contribution in [-0.2, 0) is 0 Å². The van der Waals surface area contributed by atoms with E-state index in [9.17, 15) is 0 Å². The Morgan fingerprint density at radius 1 is 1.03 bits per heavy atom. The molecule has 2 heterocycles. The smallest absolute Gasteiger partial charge is 0.215 e. The average molecular weight is 405 g/mol. The first kappa shape index (κ1) is 18.1. The molecule has 0 unspecified atom stereocenters. The fraction of sp³-hybridized carbons (Fsp3) is 0.208. The van der Waals surface area contributed by atoms with Crippen molar-refractivity contribution < 1.29 is 9.47 Å². The second-order valence-corrected chi connectivity index (χ2v) is 7.54. The molecular formula is C24H21ClN2O2. The Hall–Kier alpha value is -2.98. The lowest BCUT2D eigenvalue weighted by molar-refractivity contribution is -0.0191. The zero-order chi connectivity index (χ0) is 19.8. The maximum atomic E-state index is 6.52. The van der Waals surface area contributed by atoms with Crippen molar-refractivity contribution in [3.8, 4) is 11.5 Å². The first-order valence-electron chi connectivity index (χ1n) is 9.83. The normalized spacial score (nSPS) is 19.8. The third kappa shape index (κ3) is 3.23. The van der Waals surface area contributed by atoms with Gasteiger partial charge in [0.1, 0.15) is 11.5 Å². The van der Waals surface area contributed by atoms with Crippen molar-refractivity contribution in [2.45, 2.75) is 25.6 Å². The molecule has 2 aliphatic rings. The number of rotatable bonds is 4. The van der Waals surface area contributed by atoms with E-state index in [4.69, 9.17) is 26.2 Å². The monoisotopic (exact) mass is 404 g/mol. The molecule has 0 saturated carbocycles. The van der Waals surface area contributed by atoms with Crippen molar-refractivity contribution in [1.29, 1.82) is 0 Å². The van der Waals surface area contributed by atoms with E-state index in [0.717, 1.165) is 40.3 Å². The number of hydrogen-bond acceptors (Lipinski definition) is 4. The molecule has 0 aromatic heterocycles. The standard InChI is InChI=1S/C24H21ClN2O2/c1-2-28-17-12-13-23-19(14-17)22-15-21(16-8-4-3-5-9-16)26-27(22)24(29-23)18-10-6-7-11-20(18)25/h3-14,22,24H,2,15H2,1H3/t22-,24-/m1/s1. The largest absolute Gasteiger partial charge is 0.494 e. The van der Waals surface area contributed by atoms with Crippen LogP contribution in [0, 0.1) is 0 Å². The average Bonchev–Trinajstić information content (AvgIpc) is 3.21. The van der Waals surface area contributed by atoms with Crippen molar-refractivity contribution in [3.63, 3.8) is 0 Å². The molecule has 4 nitrogen and oxygen atoms in total. The summed E-state index contributed by atoms with van der Waals surface area (Å²) in [7, 11) is 0. The number of fused-ring (bicyclic) bond motifs is 3. The van der Waals surface area contributed by atoms with E-state index < -0.39 is 0 Å². The van der Waals surface area contributed by atoms with Gasteiger partial charge in [-0.15, -0.1) is 0 Å². The Bertz CT molecular complexity index is 1070. The Kier molecular flexibility index (Phi) is 4.64. The van der Waals surface area contributed by atoms with Crippen LogP contribution in [0.1, 0.15) is 42.3 Å². The van der Waals surface area contributed by atoms with Crippen LogP contribution in [-0.4, -0.2) is 17.3 Å². The predicted octanol–water partition coefficient (Wildman–Crippen LogP) is 5.98. The molecule has 3 aromatic rings. The van der Waals surface area contributed by atoms with Crippen LogP contribution in [0.4, 0.5) is 0 Å². The predicted molar refractivity (Wildman–Crippen MR) is 115 cm³/mol. The van der Waals surface area contributed by atoms with Crippen molar-refractivity contribution in [2.75, 3.05) is 6.61 Å². The highest BCUT2D eigenvalue weighted by Gasteiger charge is 2.41. The van der Waals surface area contributed by atoms with E-state index in [1.165, 1.54) is 0 Å². The molecule has 29 heavy (non-hydrogen) atoms. The lowest BCUT2D eigenvalue weighted by atomic mass is 9.95. The summed E-state index contributed by atoms with van der Waals surface area (Å²) in [6.45, 7) is 2.61. The van der Waals surface area contributed by atoms with Gasteiger partial charge in [-0.3, -0.25) is 0 Å². The van der Waals surface area contributed by atoms with Gasteiger partial charge >= 0.3 is 0 Å². The molecule has 5 rings (SSSR count). The fourth-order valence-electron chi connectivity index (χ4n) is 4.01.